The van der Waals surface area contributed by atoms with Crippen molar-refractivity contribution in [3.63, 3.8) is 0 Å². The maximum atomic E-state index is 12.7. The Hall–Kier alpha value is -2.12. The van der Waals surface area contributed by atoms with E-state index in [0.29, 0.717) is 22.9 Å². The fraction of sp³-hybridized carbons (Fsp3) is 0.200. The van der Waals surface area contributed by atoms with E-state index in [1.54, 1.807) is 18.2 Å². The SMILES string of the molecule is COc1ccc(S(=O)(=O)N(C)c2ccc3c(c2)OCO3)cc1Cl. The highest BCUT2D eigenvalue weighted by molar-refractivity contribution is 7.92. The van der Waals surface area contributed by atoms with Crippen LogP contribution in [0.5, 0.6) is 17.2 Å². The first-order valence-corrected chi connectivity index (χ1v) is 8.47. The van der Waals surface area contributed by atoms with Crippen molar-refractivity contribution < 1.29 is 22.6 Å². The number of hydrogen-bond donors (Lipinski definition) is 0. The van der Waals surface area contributed by atoms with Crippen LogP contribution in [0, 0.1) is 0 Å². The highest BCUT2D eigenvalue weighted by Gasteiger charge is 2.24. The molecule has 2 aromatic carbocycles. The molecule has 6 nitrogen and oxygen atoms in total. The highest BCUT2D eigenvalue weighted by atomic mass is 35.5. The first-order chi connectivity index (χ1) is 10.9. The number of fused-ring (bicyclic) bond motifs is 1. The minimum Gasteiger partial charge on any atom is -0.495 e. The van der Waals surface area contributed by atoms with E-state index in [1.807, 2.05) is 0 Å². The van der Waals surface area contributed by atoms with Gasteiger partial charge in [-0.25, -0.2) is 8.42 Å². The topological polar surface area (TPSA) is 65.1 Å². The van der Waals surface area contributed by atoms with Gasteiger partial charge < -0.3 is 14.2 Å². The summed E-state index contributed by atoms with van der Waals surface area (Å²) in [5.41, 5.74) is 0.459. The predicted octanol–water partition coefficient (Wildman–Crippen LogP) is 2.90. The van der Waals surface area contributed by atoms with E-state index in [9.17, 15) is 8.42 Å². The number of anilines is 1. The molecule has 0 unspecified atom stereocenters. The van der Waals surface area contributed by atoms with E-state index in [4.69, 9.17) is 25.8 Å². The smallest absolute Gasteiger partial charge is 0.264 e. The van der Waals surface area contributed by atoms with Crippen LogP contribution < -0.4 is 18.5 Å². The fourth-order valence-electron chi connectivity index (χ4n) is 2.19. The number of ether oxygens (including phenoxy) is 3. The molecule has 3 rings (SSSR count). The molecule has 2 aromatic rings. The second kappa shape index (κ2) is 5.82. The summed E-state index contributed by atoms with van der Waals surface area (Å²) < 4.78 is 42.2. The summed E-state index contributed by atoms with van der Waals surface area (Å²) >= 11 is 6.02. The Morgan fingerprint density at radius 1 is 1.13 bits per heavy atom. The molecule has 0 aliphatic carbocycles. The minimum absolute atomic E-state index is 0.0727. The van der Waals surface area contributed by atoms with Gasteiger partial charge >= 0.3 is 0 Å². The Labute approximate surface area is 139 Å². The van der Waals surface area contributed by atoms with Crippen LogP contribution in [0.25, 0.3) is 0 Å². The van der Waals surface area contributed by atoms with Crippen molar-refractivity contribution in [3.05, 3.63) is 41.4 Å². The van der Waals surface area contributed by atoms with Gasteiger partial charge in [0.15, 0.2) is 11.5 Å². The van der Waals surface area contributed by atoms with Crippen molar-refractivity contribution >= 4 is 27.3 Å². The maximum absolute atomic E-state index is 12.7. The van der Waals surface area contributed by atoms with Crippen molar-refractivity contribution in [2.75, 3.05) is 25.3 Å². The number of methoxy groups -OCH3 is 1. The Morgan fingerprint density at radius 2 is 1.87 bits per heavy atom. The number of sulfonamides is 1. The number of rotatable bonds is 4. The molecule has 1 heterocycles. The van der Waals surface area contributed by atoms with Gasteiger partial charge in [-0.05, 0) is 30.3 Å². The number of hydrogen-bond acceptors (Lipinski definition) is 5. The van der Waals surface area contributed by atoms with Gasteiger partial charge in [-0.15, -0.1) is 0 Å². The van der Waals surface area contributed by atoms with Gasteiger partial charge in [0.05, 0.1) is 22.7 Å². The van der Waals surface area contributed by atoms with Gasteiger partial charge in [0, 0.05) is 13.1 Å². The van der Waals surface area contributed by atoms with Gasteiger partial charge in [0.2, 0.25) is 6.79 Å². The third kappa shape index (κ3) is 2.77. The van der Waals surface area contributed by atoms with Crippen LogP contribution in [0.15, 0.2) is 41.3 Å². The summed E-state index contributed by atoms with van der Waals surface area (Å²) in [6, 6.07) is 9.26. The molecule has 8 heteroatoms. The standard InChI is InChI=1S/C15H14ClNO5S/c1-17(10-3-5-14-15(7-10)22-9-21-14)23(18,19)11-4-6-13(20-2)12(16)8-11/h3-8H,9H2,1-2H3. The summed E-state index contributed by atoms with van der Waals surface area (Å²) in [7, 11) is -0.830. The van der Waals surface area contributed by atoms with Crippen molar-refractivity contribution in [1.29, 1.82) is 0 Å². The van der Waals surface area contributed by atoms with Crippen LogP contribution in [0.3, 0.4) is 0 Å². The molecule has 0 bridgehead atoms. The molecule has 23 heavy (non-hydrogen) atoms. The predicted molar refractivity (Wildman–Crippen MR) is 86.2 cm³/mol. The first-order valence-electron chi connectivity index (χ1n) is 6.65. The quantitative estimate of drug-likeness (QED) is 0.843. The highest BCUT2D eigenvalue weighted by Crippen LogP contribution is 2.37. The zero-order valence-corrected chi connectivity index (χ0v) is 14.0. The molecule has 0 amide bonds. The third-order valence-electron chi connectivity index (χ3n) is 3.50. The first kappa shape index (κ1) is 15.8. The molecule has 0 saturated heterocycles. The molecular formula is C15H14ClNO5S. The van der Waals surface area contributed by atoms with E-state index in [2.05, 4.69) is 0 Å². The lowest BCUT2D eigenvalue weighted by molar-refractivity contribution is 0.174. The zero-order chi connectivity index (χ0) is 16.6. The lowest BCUT2D eigenvalue weighted by Gasteiger charge is -2.20. The van der Waals surface area contributed by atoms with E-state index < -0.39 is 10.0 Å². The molecule has 1 aliphatic heterocycles. The number of halogens is 1. The molecule has 0 N–H and O–H groups in total. The van der Waals surface area contributed by atoms with Gasteiger partial charge in [-0.3, -0.25) is 4.31 Å². The molecule has 1 aliphatic rings. The molecule has 0 fully saturated rings. The fourth-order valence-corrected chi connectivity index (χ4v) is 3.72. The summed E-state index contributed by atoms with van der Waals surface area (Å²) in [5.74, 6) is 1.51. The lowest BCUT2D eigenvalue weighted by atomic mass is 10.3. The molecule has 0 aromatic heterocycles. The van der Waals surface area contributed by atoms with E-state index in [-0.39, 0.29) is 16.7 Å². The Kier molecular flexibility index (Phi) is 3.99. The average Bonchev–Trinajstić information content (AvgIpc) is 3.01. The van der Waals surface area contributed by atoms with Crippen LogP contribution in [0.1, 0.15) is 0 Å². The minimum atomic E-state index is -3.76. The van der Waals surface area contributed by atoms with Gasteiger partial charge in [0.1, 0.15) is 5.75 Å². The van der Waals surface area contributed by atoms with E-state index in [1.165, 1.54) is 32.4 Å². The summed E-state index contributed by atoms with van der Waals surface area (Å²) in [5, 5.41) is 0.229. The maximum Gasteiger partial charge on any atom is 0.264 e. The van der Waals surface area contributed by atoms with Crippen LogP contribution in [0.2, 0.25) is 5.02 Å². The zero-order valence-electron chi connectivity index (χ0n) is 12.4. The van der Waals surface area contributed by atoms with E-state index in [0.717, 1.165) is 4.31 Å². The van der Waals surface area contributed by atoms with Crippen molar-refractivity contribution in [2.45, 2.75) is 4.90 Å². The summed E-state index contributed by atoms with van der Waals surface area (Å²) in [4.78, 5) is 0.0727. The molecule has 0 saturated carbocycles. The molecule has 0 spiro atoms. The molecular weight excluding hydrogens is 342 g/mol. The van der Waals surface area contributed by atoms with Crippen LogP contribution in [-0.4, -0.2) is 29.4 Å². The van der Waals surface area contributed by atoms with Crippen LogP contribution >= 0.6 is 11.6 Å². The normalized spacial score (nSPS) is 13.0. The average molecular weight is 356 g/mol. The number of benzene rings is 2. The Bertz CT molecular complexity index is 853. The van der Waals surface area contributed by atoms with Gasteiger partial charge in [-0.2, -0.15) is 0 Å². The van der Waals surface area contributed by atoms with Crippen LogP contribution in [0.4, 0.5) is 5.69 Å². The van der Waals surface area contributed by atoms with E-state index >= 15 is 0 Å². The third-order valence-corrected chi connectivity index (χ3v) is 5.58. The summed E-state index contributed by atoms with van der Waals surface area (Å²) in [6.45, 7) is 0.128. The summed E-state index contributed by atoms with van der Waals surface area (Å²) in [6.07, 6.45) is 0. The van der Waals surface area contributed by atoms with Gasteiger partial charge in [0.25, 0.3) is 10.0 Å². The lowest BCUT2D eigenvalue weighted by Crippen LogP contribution is -2.26. The largest absolute Gasteiger partial charge is 0.495 e. The van der Waals surface area contributed by atoms with Gasteiger partial charge in [-0.1, -0.05) is 11.6 Å². The van der Waals surface area contributed by atoms with Crippen molar-refractivity contribution in [1.82, 2.24) is 0 Å². The Morgan fingerprint density at radius 3 is 2.57 bits per heavy atom. The van der Waals surface area contributed by atoms with Crippen molar-refractivity contribution in [3.8, 4) is 17.2 Å². The molecule has 0 atom stereocenters. The van der Waals surface area contributed by atoms with Crippen molar-refractivity contribution in [2.24, 2.45) is 0 Å². The second-order valence-electron chi connectivity index (χ2n) is 4.81. The monoisotopic (exact) mass is 355 g/mol. The molecule has 0 radical (unpaired) electrons. The van der Waals surface area contributed by atoms with Crippen LogP contribution in [-0.2, 0) is 10.0 Å². The number of nitrogens with zero attached hydrogens (tertiary/aromatic N) is 1. The second-order valence-corrected chi connectivity index (χ2v) is 7.18. The molecule has 122 valence electrons. The Balaban J connectivity index is 1.97.